The minimum Gasteiger partial charge on any atom is -0.478 e. The number of hydrogen-bond donors (Lipinski definition) is 3. The number of carboxylic acids is 2. The Balaban J connectivity index is 4.50. The summed E-state index contributed by atoms with van der Waals surface area (Å²) in [6.07, 6.45) is 2.93. The molecule has 3 N–H and O–H groups in total. The molecule has 1 unspecified atom stereocenters. The number of allylic oxidation sites excluding steroid dienone is 1. The Morgan fingerprint density at radius 2 is 1.93 bits per heavy atom. The van der Waals surface area contributed by atoms with Gasteiger partial charge in [-0.05, 0) is 12.8 Å². The van der Waals surface area contributed by atoms with Crippen molar-refractivity contribution in [3.05, 3.63) is 24.3 Å². The molecule has 0 heterocycles. The molecule has 84 valence electrons. The molecule has 15 heavy (non-hydrogen) atoms. The van der Waals surface area contributed by atoms with Gasteiger partial charge in [0.05, 0.1) is 0 Å². The van der Waals surface area contributed by atoms with Crippen LogP contribution in [0.3, 0.4) is 0 Å². The first-order valence-corrected chi connectivity index (χ1v) is 4.43. The van der Waals surface area contributed by atoms with Gasteiger partial charge in [-0.25, -0.2) is 9.59 Å². The summed E-state index contributed by atoms with van der Waals surface area (Å²) in [6, 6.07) is 0. The van der Waals surface area contributed by atoms with Crippen molar-refractivity contribution in [1.82, 2.24) is 0 Å². The number of carbonyl (C=O) groups is 2. The smallest absolute Gasteiger partial charge is 0.331 e. The van der Waals surface area contributed by atoms with Gasteiger partial charge in [0.25, 0.3) is 0 Å². The third-order valence-electron chi connectivity index (χ3n) is 1.87. The zero-order chi connectivity index (χ0) is 11.8. The van der Waals surface area contributed by atoms with Crippen LogP contribution in [0.15, 0.2) is 24.3 Å². The predicted octanol–water partition coefficient (Wildman–Crippen LogP) is 0.657. The van der Waals surface area contributed by atoms with Crippen LogP contribution in [0.4, 0.5) is 0 Å². The van der Waals surface area contributed by atoms with Crippen LogP contribution in [-0.2, 0) is 9.59 Å². The van der Waals surface area contributed by atoms with Crippen molar-refractivity contribution in [3.63, 3.8) is 0 Å². The molecule has 0 aliphatic carbocycles. The molecule has 0 aliphatic rings. The summed E-state index contributed by atoms with van der Waals surface area (Å²) in [6.45, 7) is 3.29. The fourth-order valence-corrected chi connectivity index (χ4v) is 1.05. The first-order valence-electron chi connectivity index (χ1n) is 4.43. The molecule has 0 amide bonds. The Kier molecular flexibility index (Phi) is 6.05. The number of carboxylic acid groups (broad SMARTS) is 2. The quantitative estimate of drug-likeness (QED) is 0.541. The van der Waals surface area contributed by atoms with E-state index in [0.29, 0.717) is 12.8 Å². The van der Waals surface area contributed by atoms with Gasteiger partial charge >= 0.3 is 11.9 Å². The third-order valence-corrected chi connectivity index (χ3v) is 1.87. The number of aliphatic carboxylic acids is 2. The number of aliphatic hydroxyl groups is 1. The van der Waals surface area contributed by atoms with E-state index in [2.05, 4.69) is 6.58 Å². The largest absolute Gasteiger partial charge is 0.478 e. The molecule has 0 aromatic rings. The van der Waals surface area contributed by atoms with Crippen molar-refractivity contribution in [1.29, 1.82) is 0 Å². The molecule has 1 atom stereocenters. The average Bonchev–Trinajstić information content (AvgIpc) is 2.16. The van der Waals surface area contributed by atoms with Crippen LogP contribution in [0, 0.1) is 5.92 Å². The summed E-state index contributed by atoms with van der Waals surface area (Å²) in [4.78, 5) is 20.9. The van der Waals surface area contributed by atoms with Gasteiger partial charge in [0.2, 0.25) is 0 Å². The van der Waals surface area contributed by atoms with E-state index >= 15 is 0 Å². The topological polar surface area (TPSA) is 94.8 Å². The van der Waals surface area contributed by atoms with Crippen LogP contribution >= 0.6 is 0 Å². The first kappa shape index (κ1) is 13.4. The molecule has 0 bridgehead atoms. The molecule has 0 saturated carbocycles. The van der Waals surface area contributed by atoms with Gasteiger partial charge in [-0.2, -0.15) is 0 Å². The molecule has 0 radical (unpaired) electrons. The first-order chi connectivity index (χ1) is 6.99. The van der Waals surface area contributed by atoms with E-state index in [0.717, 1.165) is 6.08 Å². The lowest BCUT2D eigenvalue weighted by molar-refractivity contribution is -0.133. The van der Waals surface area contributed by atoms with E-state index in [1.54, 1.807) is 0 Å². The van der Waals surface area contributed by atoms with Crippen LogP contribution in [0.25, 0.3) is 0 Å². The monoisotopic (exact) mass is 214 g/mol. The molecule has 0 saturated heterocycles. The number of rotatable bonds is 7. The lowest BCUT2D eigenvalue weighted by Crippen LogP contribution is -2.10. The molecule has 5 nitrogen and oxygen atoms in total. The summed E-state index contributed by atoms with van der Waals surface area (Å²) in [5.74, 6) is -2.85. The number of aliphatic hydroxyl groups excluding tert-OH is 1. The summed E-state index contributed by atoms with van der Waals surface area (Å²) in [5.41, 5.74) is -0.0686. The summed E-state index contributed by atoms with van der Waals surface area (Å²) in [7, 11) is 0. The lowest BCUT2D eigenvalue weighted by Gasteiger charge is -2.11. The second-order valence-electron chi connectivity index (χ2n) is 3.00. The Morgan fingerprint density at radius 3 is 2.33 bits per heavy atom. The van der Waals surface area contributed by atoms with Crippen LogP contribution in [0.5, 0.6) is 0 Å². The Bertz CT molecular complexity index is 280. The van der Waals surface area contributed by atoms with Crippen molar-refractivity contribution < 1.29 is 24.9 Å². The van der Waals surface area contributed by atoms with E-state index in [1.807, 2.05) is 0 Å². The van der Waals surface area contributed by atoms with Crippen molar-refractivity contribution >= 4 is 11.9 Å². The van der Waals surface area contributed by atoms with Gasteiger partial charge in [0.1, 0.15) is 0 Å². The third kappa shape index (κ3) is 5.64. The highest BCUT2D eigenvalue weighted by molar-refractivity contribution is 5.87. The maximum atomic E-state index is 10.6. The highest BCUT2D eigenvalue weighted by Gasteiger charge is 2.15. The van der Waals surface area contributed by atoms with E-state index in [-0.39, 0.29) is 12.2 Å². The maximum absolute atomic E-state index is 10.6. The van der Waals surface area contributed by atoms with Crippen LogP contribution in [0.1, 0.15) is 12.8 Å². The van der Waals surface area contributed by atoms with Crippen LogP contribution in [-0.4, -0.2) is 33.9 Å². The van der Waals surface area contributed by atoms with E-state index < -0.39 is 17.9 Å². The Labute approximate surface area is 87.4 Å². The van der Waals surface area contributed by atoms with Gasteiger partial charge in [-0.15, -0.1) is 0 Å². The predicted molar refractivity (Wildman–Crippen MR) is 53.4 cm³/mol. The molecular weight excluding hydrogens is 200 g/mol. The van der Waals surface area contributed by atoms with Crippen LogP contribution < -0.4 is 0 Å². The molecule has 5 heteroatoms. The highest BCUT2D eigenvalue weighted by Crippen LogP contribution is 2.17. The van der Waals surface area contributed by atoms with Gasteiger partial charge in [-0.1, -0.05) is 12.7 Å². The molecule has 0 aliphatic heterocycles. The molecule has 0 aromatic carbocycles. The van der Waals surface area contributed by atoms with Gasteiger partial charge in [0, 0.05) is 24.2 Å². The van der Waals surface area contributed by atoms with E-state index in [9.17, 15) is 9.59 Å². The zero-order valence-corrected chi connectivity index (χ0v) is 8.22. The fourth-order valence-electron chi connectivity index (χ4n) is 1.05. The summed E-state index contributed by atoms with van der Waals surface area (Å²) >= 11 is 0. The average molecular weight is 214 g/mol. The van der Waals surface area contributed by atoms with Crippen molar-refractivity contribution in [2.75, 3.05) is 6.61 Å². The van der Waals surface area contributed by atoms with Gasteiger partial charge in [-0.3, -0.25) is 0 Å². The van der Waals surface area contributed by atoms with Crippen molar-refractivity contribution in [3.8, 4) is 0 Å². The van der Waals surface area contributed by atoms with Gasteiger partial charge < -0.3 is 15.3 Å². The maximum Gasteiger partial charge on any atom is 0.331 e. The van der Waals surface area contributed by atoms with E-state index in [4.69, 9.17) is 15.3 Å². The van der Waals surface area contributed by atoms with Crippen molar-refractivity contribution in [2.45, 2.75) is 12.8 Å². The summed E-state index contributed by atoms with van der Waals surface area (Å²) < 4.78 is 0. The molecule has 0 rings (SSSR count). The van der Waals surface area contributed by atoms with Gasteiger partial charge in [0.15, 0.2) is 0 Å². The molecule has 0 aromatic heterocycles. The standard InChI is InChI=1S/C10H14O5/c1-7(10(14)15)8(3-2-6-11)4-5-9(12)13/h4-5,8,11H,1-3,6H2,(H,12,13)(H,14,15). The fraction of sp³-hybridized carbons (Fsp3) is 0.400. The zero-order valence-electron chi connectivity index (χ0n) is 8.22. The Hall–Kier alpha value is -1.62. The molecular formula is C10H14O5. The van der Waals surface area contributed by atoms with Crippen molar-refractivity contribution in [2.24, 2.45) is 5.92 Å². The van der Waals surface area contributed by atoms with E-state index in [1.165, 1.54) is 6.08 Å². The van der Waals surface area contributed by atoms with Crippen LogP contribution in [0.2, 0.25) is 0 Å². The molecule has 0 fully saturated rings. The second-order valence-corrected chi connectivity index (χ2v) is 3.00. The lowest BCUT2D eigenvalue weighted by atomic mass is 9.95. The molecule has 0 spiro atoms. The number of hydrogen-bond acceptors (Lipinski definition) is 3. The normalized spacial score (nSPS) is 12.6. The SMILES string of the molecule is C=C(C(=O)O)C(C=CC(=O)O)CCCO. The second kappa shape index (κ2) is 6.78. The highest BCUT2D eigenvalue weighted by atomic mass is 16.4. The summed E-state index contributed by atoms with van der Waals surface area (Å²) in [5, 5.41) is 25.7. The Morgan fingerprint density at radius 1 is 1.33 bits per heavy atom. The minimum atomic E-state index is -1.16. The minimum absolute atomic E-state index is 0.0652.